The van der Waals surface area contributed by atoms with Crippen LogP contribution in [0.3, 0.4) is 0 Å². The summed E-state index contributed by atoms with van der Waals surface area (Å²) in [6.45, 7) is 0. The number of primary amides is 1. The summed E-state index contributed by atoms with van der Waals surface area (Å²) in [6, 6.07) is 21.4. The van der Waals surface area contributed by atoms with Gasteiger partial charge in [-0.25, -0.2) is 24.1 Å². The number of rotatable bonds is 4. The number of pyridine rings is 2. The molecule has 2 aliphatic carbocycles. The van der Waals surface area contributed by atoms with Gasteiger partial charge in [-0.3, -0.25) is 14.4 Å². The van der Waals surface area contributed by atoms with Gasteiger partial charge in [0.25, 0.3) is 17.7 Å². The smallest absolute Gasteiger partial charge is 0.359 e. The Kier molecular flexibility index (Phi) is 8.59. The van der Waals surface area contributed by atoms with Crippen LogP contribution in [0, 0.1) is 35.5 Å². The number of hydrogen-bond acceptors (Lipinski definition) is 11. The van der Waals surface area contributed by atoms with E-state index in [1.165, 1.54) is 11.8 Å². The first-order chi connectivity index (χ1) is 28.3. The minimum absolute atomic E-state index is 0.0846. The number of likely N-dealkylation sites (tertiary alicyclic amines) is 2. The fourth-order valence-electron chi connectivity index (χ4n) is 8.02. The third kappa shape index (κ3) is 6.05. The van der Waals surface area contributed by atoms with Crippen molar-refractivity contribution in [3.63, 3.8) is 0 Å². The first-order valence-corrected chi connectivity index (χ1v) is 18.7. The number of nitrogens with two attached hydrogens (primary N) is 1. The number of ether oxygens (including phenoxy) is 1. The molecule has 4 N–H and O–H groups in total. The van der Waals surface area contributed by atoms with E-state index in [-0.39, 0.29) is 47.1 Å². The van der Waals surface area contributed by atoms with E-state index in [0.717, 1.165) is 12.8 Å². The lowest BCUT2D eigenvalue weighted by molar-refractivity contribution is -0.141. The van der Waals surface area contributed by atoms with Gasteiger partial charge in [-0.2, -0.15) is 10.2 Å². The molecule has 6 aromatic rings. The highest BCUT2D eigenvalue weighted by Crippen LogP contribution is 2.51. The van der Waals surface area contributed by atoms with Crippen LogP contribution in [0.4, 0.5) is 0 Å². The van der Waals surface area contributed by atoms with Gasteiger partial charge in [0.15, 0.2) is 22.7 Å². The minimum atomic E-state index is -1.63. The fourth-order valence-corrected chi connectivity index (χ4v) is 8.02. The molecule has 2 aromatic carbocycles. The van der Waals surface area contributed by atoms with Gasteiger partial charge >= 0.3 is 5.97 Å². The summed E-state index contributed by atoms with van der Waals surface area (Å²) < 4.78 is 7.91. The number of carbonyl (C=O) groups is 4. The molecule has 16 nitrogen and oxygen atoms in total. The van der Waals surface area contributed by atoms with Crippen LogP contribution in [0.5, 0.6) is 0 Å². The van der Waals surface area contributed by atoms with Crippen LogP contribution in [0.25, 0.3) is 33.4 Å². The van der Waals surface area contributed by atoms with E-state index in [2.05, 4.69) is 43.8 Å². The van der Waals surface area contributed by atoms with Crippen LogP contribution in [0.2, 0.25) is 0 Å². The molecule has 10 rings (SSSR count). The van der Waals surface area contributed by atoms with Gasteiger partial charge in [-0.1, -0.05) is 35.8 Å². The predicted molar refractivity (Wildman–Crippen MR) is 211 cm³/mol. The van der Waals surface area contributed by atoms with Crippen molar-refractivity contribution in [1.29, 1.82) is 0 Å². The quantitative estimate of drug-likeness (QED) is 0.173. The zero-order chi connectivity index (χ0) is 41.4. The molecule has 4 aromatic heterocycles. The summed E-state index contributed by atoms with van der Waals surface area (Å²) in [7, 11) is 4.69. The number of piperidine rings is 2. The van der Waals surface area contributed by atoms with Gasteiger partial charge in [0.2, 0.25) is 11.2 Å². The Morgan fingerprint density at radius 2 is 1.19 bits per heavy atom. The molecule has 6 heterocycles. The number of nitrogens with zero attached hydrogens (tertiary/aromatic N) is 8. The number of hydrogen-bond donors (Lipinski definition) is 3. The predicted octanol–water partition coefficient (Wildman–Crippen LogP) is 1.61. The van der Waals surface area contributed by atoms with Crippen molar-refractivity contribution in [2.45, 2.75) is 36.1 Å². The minimum Gasteiger partial charge on any atom is -0.464 e. The summed E-state index contributed by atoms with van der Waals surface area (Å²) in [5.74, 6) is 9.28. The molecular weight excluding hydrogens is 755 g/mol. The topological polar surface area (TPSA) is 212 Å². The second-order valence-corrected chi connectivity index (χ2v) is 14.9. The highest BCUT2D eigenvalue weighted by molar-refractivity contribution is 6.03. The molecule has 2 saturated carbocycles. The van der Waals surface area contributed by atoms with E-state index in [4.69, 9.17) is 10.5 Å². The average Bonchev–Trinajstić information content (AvgIpc) is 4.15. The molecule has 6 atom stereocenters. The van der Waals surface area contributed by atoms with Crippen molar-refractivity contribution >= 4 is 45.8 Å². The number of carbonyl (C=O) groups excluding carboxylic acids is 4. The average molecular weight is 790 g/mol. The molecule has 2 saturated heterocycles. The summed E-state index contributed by atoms with van der Waals surface area (Å²) in [6.07, 6.45) is 4.77. The zero-order valence-electron chi connectivity index (χ0n) is 31.9. The Morgan fingerprint density at radius 1 is 0.729 bits per heavy atom. The maximum atomic E-state index is 12.3. The van der Waals surface area contributed by atoms with Crippen LogP contribution >= 0.6 is 0 Å². The number of benzene rings is 2. The number of methoxy groups -OCH3 is 1. The maximum absolute atomic E-state index is 12.3. The SMILES string of the molecule is CN1C(=O)C(O)(C#Cc2cccc(-n3nc(C(N)=O)c4cccnc43)c2)C2CC21.COC(=O)c1nn(-c2cccc(C#CC3(O)C(=O)N(C)C4CC43)c2)c2ncccc12. The molecule has 59 heavy (non-hydrogen) atoms. The molecule has 294 valence electrons. The third-order valence-electron chi connectivity index (χ3n) is 11.3. The summed E-state index contributed by atoms with van der Waals surface area (Å²) >= 11 is 0. The van der Waals surface area contributed by atoms with Crippen molar-refractivity contribution in [2.24, 2.45) is 17.6 Å². The second-order valence-electron chi connectivity index (χ2n) is 14.9. The van der Waals surface area contributed by atoms with E-state index in [0.29, 0.717) is 44.6 Å². The normalized spacial score (nSPS) is 24.6. The molecule has 4 fully saturated rings. The number of likely N-dealkylation sites (N-methyl/N-ethyl adjacent to an activating group) is 2. The molecule has 0 radical (unpaired) electrons. The van der Waals surface area contributed by atoms with E-state index >= 15 is 0 Å². The number of amides is 3. The second kappa shape index (κ2) is 13.6. The lowest BCUT2D eigenvalue weighted by Crippen LogP contribution is -2.41. The molecule has 0 bridgehead atoms. The number of aliphatic hydroxyl groups is 2. The van der Waals surface area contributed by atoms with Crippen molar-refractivity contribution < 1.29 is 34.1 Å². The Hall–Kier alpha value is -7.40. The largest absolute Gasteiger partial charge is 0.464 e. The molecule has 16 heteroatoms. The fraction of sp³-hybridized carbons (Fsp3) is 0.256. The van der Waals surface area contributed by atoms with Gasteiger partial charge in [0.1, 0.15) is 0 Å². The van der Waals surface area contributed by atoms with Crippen molar-refractivity contribution in [3.05, 3.63) is 108 Å². The Bertz CT molecular complexity index is 2920. The van der Waals surface area contributed by atoms with Crippen LogP contribution in [-0.2, 0) is 14.3 Å². The van der Waals surface area contributed by atoms with Gasteiger partial charge in [-0.15, -0.1) is 0 Å². The van der Waals surface area contributed by atoms with E-state index in [1.54, 1.807) is 108 Å². The Balaban J connectivity index is 0.000000152. The van der Waals surface area contributed by atoms with Crippen molar-refractivity contribution in [1.82, 2.24) is 39.3 Å². The van der Waals surface area contributed by atoms with Gasteiger partial charge in [-0.05, 0) is 73.5 Å². The van der Waals surface area contributed by atoms with Gasteiger partial charge in [0, 0.05) is 61.5 Å². The van der Waals surface area contributed by atoms with Crippen LogP contribution in [0.1, 0.15) is 44.9 Å². The van der Waals surface area contributed by atoms with Gasteiger partial charge < -0.3 is 30.5 Å². The standard InChI is InChI=1S/C22H18N4O4.C21H17N5O3/c1-25-17-12-16(17)22(29,21(25)28)9-8-13-5-3-6-14(11-13)26-19-15(7-4-10-23-19)18(24-26)20(27)30-2;1-25-16-11-15(16)21(29,20(25)28)8-7-12-4-2-5-13(10-12)26-19-14(6-3-9-23-19)17(24-26)18(22)27/h3-7,10-11,16-17,29H,12H2,1-2H3;2-6,9-10,15-16,29H,11H2,1H3,(H2,22,27). The Morgan fingerprint density at radius 3 is 1.61 bits per heavy atom. The summed E-state index contributed by atoms with van der Waals surface area (Å²) in [5.41, 5.74) is 6.00. The first kappa shape index (κ1) is 37.2. The molecule has 4 aliphatic rings. The molecular formula is C43H35N9O7. The van der Waals surface area contributed by atoms with Crippen LogP contribution < -0.4 is 5.73 Å². The lowest BCUT2D eigenvalue weighted by Gasteiger charge is -2.18. The Labute approximate surface area is 336 Å². The maximum Gasteiger partial charge on any atom is 0.359 e. The molecule has 2 aliphatic heterocycles. The van der Waals surface area contributed by atoms with Crippen LogP contribution in [-0.4, -0.2) is 118 Å². The number of fused-ring (bicyclic) bond motifs is 4. The lowest BCUT2D eigenvalue weighted by atomic mass is 9.99. The third-order valence-corrected chi connectivity index (χ3v) is 11.3. The summed E-state index contributed by atoms with van der Waals surface area (Å²) in [4.78, 5) is 60.3. The molecule has 0 spiro atoms. The zero-order valence-corrected chi connectivity index (χ0v) is 31.9. The number of esters is 1. The van der Waals surface area contributed by atoms with Gasteiger partial charge in [0.05, 0.1) is 29.3 Å². The highest BCUT2D eigenvalue weighted by atomic mass is 16.5. The monoisotopic (exact) mass is 789 g/mol. The number of aromatic nitrogens is 6. The molecule has 6 unspecified atom stereocenters. The van der Waals surface area contributed by atoms with E-state index in [1.807, 2.05) is 6.07 Å². The highest BCUT2D eigenvalue weighted by Gasteiger charge is 2.66. The van der Waals surface area contributed by atoms with E-state index in [9.17, 15) is 29.4 Å². The van der Waals surface area contributed by atoms with Crippen molar-refractivity contribution in [3.8, 4) is 35.1 Å². The van der Waals surface area contributed by atoms with E-state index < -0.39 is 23.1 Å². The van der Waals surface area contributed by atoms with Crippen molar-refractivity contribution in [2.75, 3.05) is 21.2 Å². The molecule has 3 amide bonds. The first-order valence-electron chi connectivity index (χ1n) is 18.7. The summed E-state index contributed by atoms with van der Waals surface area (Å²) in [5, 5.41) is 31.4. The van der Waals surface area contributed by atoms with Crippen LogP contribution in [0.15, 0.2) is 85.2 Å².